The van der Waals surface area contributed by atoms with E-state index in [-0.39, 0.29) is 16.2 Å². The summed E-state index contributed by atoms with van der Waals surface area (Å²) in [5, 5.41) is 10.4. The highest BCUT2D eigenvalue weighted by Crippen LogP contribution is 2.32. The second-order valence-electron chi connectivity index (χ2n) is 5.76. The van der Waals surface area contributed by atoms with Crippen molar-refractivity contribution in [3.8, 4) is 0 Å². The molecule has 1 fully saturated rings. The minimum absolute atomic E-state index is 0.193. The third-order valence-electron chi connectivity index (χ3n) is 3.96. The number of nitrogens with zero attached hydrogens (tertiary/aromatic N) is 1. The summed E-state index contributed by atoms with van der Waals surface area (Å²) < 4.78 is 0.222. The van der Waals surface area contributed by atoms with Crippen molar-refractivity contribution < 1.29 is 9.90 Å². The zero-order valence-corrected chi connectivity index (χ0v) is 12.9. The normalized spacial score (nSPS) is 15.7. The predicted molar refractivity (Wildman–Crippen MR) is 85.4 cm³/mol. The topological polar surface area (TPSA) is 89.2 Å². The summed E-state index contributed by atoms with van der Waals surface area (Å²) in [7, 11) is 1.66. The summed E-state index contributed by atoms with van der Waals surface area (Å²) in [5.41, 5.74) is 0.695. The lowest BCUT2D eigenvalue weighted by Crippen LogP contribution is -2.35. The number of amides is 1. The fraction of sp³-hybridized carbons (Fsp3) is 0.400. The van der Waals surface area contributed by atoms with Crippen LogP contribution in [0.15, 0.2) is 23.0 Å². The van der Waals surface area contributed by atoms with E-state index in [1.54, 1.807) is 25.2 Å². The van der Waals surface area contributed by atoms with Gasteiger partial charge in [-0.05, 0) is 49.2 Å². The number of H-pyrrole nitrogens is 2. The van der Waals surface area contributed by atoms with Crippen LogP contribution < -0.4 is 5.56 Å². The number of aromatic nitrogens is 2. The number of benzene rings is 1. The number of fused-ring (bicyclic) bond motifs is 1. The van der Waals surface area contributed by atoms with Gasteiger partial charge in [0.2, 0.25) is 0 Å². The minimum atomic E-state index is -0.469. The first kappa shape index (κ1) is 14.9. The van der Waals surface area contributed by atoms with Crippen LogP contribution in [0.1, 0.15) is 23.2 Å². The van der Waals surface area contributed by atoms with E-state index in [1.165, 1.54) is 4.90 Å². The molecule has 0 bridgehead atoms. The van der Waals surface area contributed by atoms with Gasteiger partial charge < -0.3 is 15.0 Å². The van der Waals surface area contributed by atoms with Gasteiger partial charge in [-0.2, -0.15) is 0 Å². The van der Waals surface area contributed by atoms with Crippen molar-refractivity contribution in [3.05, 3.63) is 38.9 Å². The lowest BCUT2D eigenvalue weighted by atomic mass is 10.1. The molecule has 0 spiro atoms. The van der Waals surface area contributed by atoms with E-state index in [1.807, 2.05) is 0 Å². The Morgan fingerprint density at radius 2 is 2.18 bits per heavy atom. The molecule has 3 rings (SSSR count). The average Bonchev–Trinajstić information content (AvgIpc) is 3.30. The molecule has 1 saturated carbocycles. The van der Waals surface area contributed by atoms with Gasteiger partial charge >= 0.3 is 0 Å². The van der Waals surface area contributed by atoms with Crippen molar-refractivity contribution in [2.75, 3.05) is 13.6 Å². The number of hydrogen-bond donors (Lipinski definition) is 3. The number of likely N-dealkylation sites (N-methyl/N-ethyl adjacent to an activating group) is 1. The fourth-order valence-electron chi connectivity index (χ4n) is 2.52. The van der Waals surface area contributed by atoms with E-state index in [0.717, 1.165) is 12.8 Å². The van der Waals surface area contributed by atoms with Gasteiger partial charge in [0.25, 0.3) is 11.5 Å². The monoisotopic (exact) mass is 319 g/mol. The van der Waals surface area contributed by atoms with Gasteiger partial charge in [-0.3, -0.25) is 14.6 Å². The summed E-state index contributed by atoms with van der Waals surface area (Å²) >= 11 is 4.94. The van der Waals surface area contributed by atoms with Crippen LogP contribution in [0.4, 0.5) is 0 Å². The zero-order valence-electron chi connectivity index (χ0n) is 12.1. The molecule has 1 aromatic carbocycles. The molecular weight excluding hydrogens is 302 g/mol. The van der Waals surface area contributed by atoms with E-state index in [4.69, 9.17) is 12.2 Å². The third kappa shape index (κ3) is 2.95. The van der Waals surface area contributed by atoms with Crippen LogP contribution in [0.3, 0.4) is 0 Å². The van der Waals surface area contributed by atoms with Gasteiger partial charge in [0.05, 0.1) is 17.0 Å². The number of rotatable bonds is 4. The quantitative estimate of drug-likeness (QED) is 0.744. The SMILES string of the molecule is CN(C[C@H](O)C1CC1)C(=O)c1ccc2c(=O)[nH]c(=S)[nH]c2c1. The van der Waals surface area contributed by atoms with Crippen molar-refractivity contribution in [3.63, 3.8) is 0 Å². The Kier molecular flexibility index (Phi) is 3.84. The van der Waals surface area contributed by atoms with Gasteiger partial charge in [0.15, 0.2) is 4.77 Å². The first-order chi connectivity index (χ1) is 10.5. The van der Waals surface area contributed by atoms with Crippen LogP contribution in [0, 0.1) is 10.7 Å². The third-order valence-corrected chi connectivity index (χ3v) is 4.16. The minimum Gasteiger partial charge on any atom is -0.391 e. The smallest absolute Gasteiger partial charge is 0.259 e. The summed E-state index contributed by atoms with van der Waals surface area (Å²) in [5.74, 6) is 0.128. The second kappa shape index (κ2) is 5.66. The predicted octanol–water partition coefficient (Wildman–Crippen LogP) is 1.43. The van der Waals surface area contributed by atoms with Crippen molar-refractivity contribution in [1.82, 2.24) is 14.9 Å². The number of aliphatic hydroxyl groups excluding tert-OH is 1. The molecule has 3 N–H and O–H groups in total. The molecule has 1 aliphatic carbocycles. The fourth-order valence-corrected chi connectivity index (χ4v) is 2.72. The summed E-state index contributed by atoms with van der Waals surface area (Å²) in [6, 6.07) is 4.82. The molecule has 1 atom stereocenters. The Hall–Kier alpha value is -1.99. The molecule has 0 unspecified atom stereocenters. The van der Waals surface area contributed by atoms with Crippen LogP contribution >= 0.6 is 12.2 Å². The lowest BCUT2D eigenvalue weighted by molar-refractivity contribution is 0.0645. The lowest BCUT2D eigenvalue weighted by Gasteiger charge is -2.20. The molecule has 1 amide bonds. The number of nitrogens with one attached hydrogen (secondary N) is 2. The molecule has 0 radical (unpaired) electrons. The van der Waals surface area contributed by atoms with Gasteiger partial charge in [-0.25, -0.2) is 0 Å². The van der Waals surface area contributed by atoms with Crippen LogP contribution in [-0.4, -0.2) is 45.6 Å². The van der Waals surface area contributed by atoms with Gasteiger partial charge in [-0.15, -0.1) is 0 Å². The van der Waals surface area contributed by atoms with E-state index in [9.17, 15) is 14.7 Å². The van der Waals surface area contributed by atoms with Crippen molar-refractivity contribution in [1.29, 1.82) is 0 Å². The van der Waals surface area contributed by atoms with E-state index in [0.29, 0.717) is 28.9 Å². The second-order valence-corrected chi connectivity index (χ2v) is 6.17. The first-order valence-corrected chi connectivity index (χ1v) is 7.56. The molecule has 22 heavy (non-hydrogen) atoms. The molecule has 0 aliphatic heterocycles. The number of carbonyl (C=O) groups excluding carboxylic acids is 1. The Morgan fingerprint density at radius 1 is 1.45 bits per heavy atom. The van der Waals surface area contributed by atoms with Gasteiger partial charge in [0, 0.05) is 19.2 Å². The Balaban J connectivity index is 1.87. The van der Waals surface area contributed by atoms with Gasteiger partial charge in [0.1, 0.15) is 0 Å². The molecule has 1 heterocycles. The summed E-state index contributed by atoms with van der Waals surface area (Å²) in [6.45, 7) is 0.312. The molecular formula is C15H17N3O3S. The van der Waals surface area contributed by atoms with Crippen LogP contribution in [0.25, 0.3) is 10.9 Å². The zero-order chi connectivity index (χ0) is 15.9. The largest absolute Gasteiger partial charge is 0.391 e. The van der Waals surface area contributed by atoms with Crippen molar-refractivity contribution >= 4 is 29.0 Å². The van der Waals surface area contributed by atoms with Crippen LogP contribution in [-0.2, 0) is 0 Å². The standard InChI is InChI=1S/C15H17N3O3S/c1-18(7-12(19)8-2-3-8)14(21)9-4-5-10-11(6-9)16-15(22)17-13(10)20/h4-6,8,12,19H,2-3,7H2,1H3,(H2,16,17,20,22)/t12-/m0/s1. The molecule has 116 valence electrons. The summed E-state index contributed by atoms with van der Waals surface area (Å²) in [4.78, 5) is 31.1. The number of hydrogen-bond acceptors (Lipinski definition) is 4. The van der Waals surface area contributed by atoms with Crippen LogP contribution in [0.2, 0.25) is 0 Å². The van der Waals surface area contributed by atoms with Crippen LogP contribution in [0.5, 0.6) is 0 Å². The van der Waals surface area contributed by atoms with Gasteiger partial charge in [-0.1, -0.05) is 0 Å². The summed E-state index contributed by atoms with van der Waals surface area (Å²) in [6.07, 6.45) is 1.58. The molecule has 0 saturated heterocycles. The highest BCUT2D eigenvalue weighted by Gasteiger charge is 2.31. The molecule has 6 nitrogen and oxygen atoms in total. The molecule has 1 aromatic heterocycles. The first-order valence-electron chi connectivity index (χ1n) is 7.15. The Morgan fingerprint density at radius 3 is 2.86 bits per heavy atom. The van der Waals surface area contributed by atoms with E-state index >= 15 is 0 Å². The molecule has 2 aromatic rings. The number of aliphatic hydroxyl groups is 1. The highest BCUT2D eigenvalue weighted by molar-refractivity contribution is 7.71. The van der Waals surface area contributed by atoms with Crippen molar-refractivity contribution in [2.24, 2.45) is 5.92 Å². The number of aromatic amines is 2. The Labute approximate surface area is 131 Å². The average molecular weight is 319 g/mol. The van der Waals surface area contributed by atoms with E-state index in [2.05, 4.69) is 9.97 Å². The maximum atomic E-state index is 12.4. The maximum absolute atomic E-state index is 12.4. The Bertz CT molecular complexity index is 838. The molecule has 1 aliphatic rings. The highest BCUT2D eigenvalue weighted by atomic mass is 32.1. The van der Waals surface area contributed by atoms with E-state index < -0.39 is 6.10 Å². The van der Waals surface area contributed by atoms with Crippen molar-refractivity contribution in [2.45, 2.75) is 18.9 Å². The maximum Gasteiger partial charge on any atom is 0.259 e. The molecule has 7 heteroatoms. The number of carbonyl (C=O) groups is 1.